The summed E-state index contributed by atoms with van der Waals surface area (Å²) in [5.74, 6) is -1.86. The molecule has 0 aliphatic heterocycles. The van der Waals surface area contributed by atoms with E-state index >= 15 is 0 Å². The zero-order valence-corrected chi connectivity index (χ0v) is 16.3. The highest BCUT2D eigenvalue weighted by Gasteiger charge is 2.19. The number of ether oxygens (including phenoxy) is 1. The molecule has 0 saturated heterocycles. The molecule has 1 N–H and O–H groups in total. The van der Waals surface area contributed by atoms with Gasteiger partial charge in [-0.15, -0.1) is 0 Å². The zero-order valence-electron chi connectivity index (χ0n) is 14.0. The molecule has 6 nitrogen and oxygen atoms in total. The number of sulfonamides is 1. The molecule has 2 rings (SSSR count). The molecule has 0 spiro atoms. The van der Waals surface area contributed by atoms with Crippen LogP contribution in [0.4, 0.5) is 4.39 Å². The Balaban J connectivity index is 2.31. The number of halogens is 3. The van der Waals surface area contributed by atoms with Gasteiger partial charge in [0.1, 0.15) is 17.3 Å². The second-order valence-corrected chi connectivity index (χ2v) is 8.32. The molecule has 0 bridgehead atoms. The number of hydrogen-bond donors (Lipinski definition) is 1. The standard InChI is InChI=1S/C16H15Cl2FN2O4S/c1-8(2)15-12(18)4-9(7-20-15)25-14-6-13(19)10(5-11(14)17)16(22)21-26(3,23)24/h4-8H,1-3H3,(H,21,22). The van der Waals surface area contributed by atoms with Crippen molar-refractivity contribution in [2.24, 2.45) is 0 Å². The summed E-state index contributed by atoms with van der Waals surface area (Å²) < 4.78 is 43.5. The minimum atomic E-state index is -3.84. The Morgan fingerprint density at radius 3 is 2.42 bits per heavy atom. The molecule has 0 fully saturated rings. The molecule has 1 aromatic carbocycles. The van der Waals surface area contributed by atoms with E-state index in [1.165, 1.54) is 12.3 Å². The van der Waals surface area contributed by atoms with Crippen molar-refractivity contribution in [3.63, 3.8) is 0 Å². The molecular formula is C16H15Cl2FN2O4S. The molecule has 1 heterocycles. The first-order chi connectivity index (χ1) is 12.0. The van der Waals surface area contributed by atoms with Crippen LogP contribution in [0.5, 0.6) is 11.5 Å². The maximum Gasteiger partial charge on any atom is 0.267 e. The normalized spacial score (nSPS) is 11.5. The number of aromatic nitrogens is 1. The van der Waals surface area contributed by atoms with Crippen molar-refractivity contribution >= 4 is 39.1 Å². The van der Waals surface area contributed by atoms with E-state index in [2.05, 4.69) is 4.98 Å². The average Bonchev–Trinajstić information content (AvgIpc) is 2.48. The van der Waals surface area contributed by atoms with Crippen LogP contribution in [0.15, 0.2) is 24.4 Å². The summed E-state index contributed by atoms with van der Waals surface area (Å²) in [6.07, 6.45) is 2.19. The number of carbonyl (C=O) groups excluding carboxylic acids is 1. The minimum Gasteiger partial charge on any atom is -0.454 e. The van der Waals surface area contributed by atoms with Gasteiger partial charge < -0.3 is 4.74 Å². The van der Waals surface area contributed by atoms with Crippen molar-refractivity contribution in [3.05, 3.63) is 51.5 Å². The van der Waals surface area contributed by atoms with Crippen LogP contribution in [-0.4, -0.2) is 25.6 Å². The predicted molar refractivity (Wildman–Crippen MR) is 97.1 cm³/mol. The molecule has 0 aliphatic rings. The molecule has 140 valence electrons. The molecule has 10 heteroatoms. The summed E-state index contributed by atoms with van der Waals surface area (Å²) in [5.41, 5.74) is 0.156. The molecule has 1 amide bonds. The quantitative estimate of drug-likeness (QED) is 0.785. The smallest absolute Gasteiger partial charge is 0.267 e. The molecular weight excluding hydrogens is 406 g/mol. The number of nitrogens with zero attached hydrogens (tertiary/aromatic N) is 1. The van der Waals surface area contributed by atoms with E-state index in [0.717, 1.165) is 18.4 Å². The van der Waals surface area contributed by atoms with Crippen molar-refractivity contribution < 1.29 is 22.3 Å². The summed E-state index contributed by atoms with van der Waals surface area (Å²) >= 11 is 12.1. The number of amides is 1. The van der Waals surface area contributed by atoms with Gasteiger partial charge in [-0.05, 0) is 12.0 Å². The van der Waals surface area contributed by atoms with E-state index in [4.69, 9.17) is 27.9 Å². The third-order valence-electron chi connectivity index (χ3n) is 3.16. The second kappa shape index (κ2) is 7.77. The van der Waals surface area contributed by atoms with Gasteiger partial charge >= 0.3 is 0 Å². The van der Waals surface area contributed by atoms with Crippen LogP contribution in [0, 0.1) is 5.82 Å². The van der Waals surface area contributed by atoms with Gasteiger partial charge in [0.25, 0.3) is 5.91 Å². The second-order valence-electron chi connectivity index (χ2n) is 5.76. The van der Waals surface area contributed by atoms with E-state index in [1.807, 2.05) is 13.8 Å². The Kier molecular flexibility index (Phi) is 6.10. The van der Waals surface area contributed by atoms with Crippen molar-refractivity contribution in [3.8, 4) is 11.5 Å². The maximum atomic E-state index is 14.2. The fraction of sp³-hybridized carbons (Fsp3) is 0.250. The summed E-state index contributed by atoms with van der Waals surface area (Å²) in [4.78, 5) is 16.0. The molecule has 0 radical (unpaired) electrons. The monoisotopic (exact) mass is 420 g/mol. The molecule has 0 unspecified atom stereocenters. The maximum absolute atomic E-state index is 14.2. The van der Waals surface area contributed by atoms with Gasteiger partial charge in [0.15, 0.2) is 0 Å². The first kappa shape index (κ1) is 20.4. The lowest BCUT2D eigenvalue weighted by molar-refractivity contribution is 0.0977. The minimum absolute atomic E-state index is 0.0739. The number of nitrogens with one attached hydrogen (secondary N) is 1. The van der Waals surface area contributed by atoms with Gasteiger partial charge in [-0.25, -0.2) is 17.5 Å². The number of carbonyl (C=O) groups is 1. The predicted octanol–water partition coefficient (Wildman–Crippen LogP) is 4.13. The SMILES string of the molecule is CC(C)c1ncc(Oc2cc(F)c(C(=O)NS(C)(=O)=O)cc2Cl)cc1Cl. The van der Waals surface area contributed by atoms with Gasteiger partial charge in [-0.2, -0.15) is 0 Å². The Bertz CT molecular complexity index is 965. The number of hydrogen-bond acceptors (Lipinski definition) is 5. The molecule has 0 aliphatic carbocycles. The molecule has 0 atom stereocenters. The van der Waals surface area contributed by atoms with Crippen molar-refractivity contribution in [1.29, 1.82) is 0 Å². The highest BCUT2D eigenvalue weighted by Crippen LogP contribution is 2.33. The van der Waals surface area contributed by atoms with Crippen molar-refractivity contribution in [2.45, 2.75) is 19.8 Å². The van der Waals surface area contributed by atoms with E-state index < -0.39 is 27.3 Å². The van der Waals surface area contributed by atoms with Crippen LogP contribution < -0.4 is 9.46 Å². The number of pyridine rings is 1. The fourth-order valence-corrected chi connectivity index (χ4v) is 3.07. The zero-order chi connectivity index (χ0) is 19.6. The lowest BCUT2D eigenvalue weighted by atomic mass is 10.1. The lowest BCUT2D eigenvalue weighted by Gasteiger charge is -2.12. The fourth-order valence-electron chi connectivity index (χ4n) is 2.04. The molecule has 1 aromatic heterocycles. The van der Waals surface area contributed by atoms with Gasteiger partial charge in [-0.3, -0.25) is 9.78 Å². The topological polar surface area (TPSA) is 85.4 Å². The van der Waals surface area contributed by atoms with Crippen molar-refractivity contribution in [2.75, 3.05) is 6.26 Å². The van der Waals surface area contributed by atoms with Crippen LogP contribution in [-0.2, 0) is 10.0 Å². The number of benzene rings is 1. The lowest BCUT2D eigenvalue weighted by Crippen LogP contribution is -2.30. The Labute approximate surface area is 160 Å². The first-order valence-electron chi connectivity index (χ1n) is 7.32. The van der Waals surface area contributed by atoms with Gasteiger partial charge in [0, 0.05) is 12.1 Å². The third-order valence-corrected chi connectivity index (χ3v) is 4.32. The summed E-state index contributed by atoms with van der Waals surface area (Å²) in [5, 5.41) is 0.298. The largest absolute Gasteiger partial charge is 0.454 e. The van der Waals surface area contributed by atoms with E-state index in [1.54, 1.807) is 4.72 Å². The van der Waals surface area contributed by atoms with Crippen LogP contribution in [0.25, 0.3) is 0 Å². The van der Waals surface area contributed by atoms with Crippen LogP contribution in [0.3, 0.4) is 0 Å². The molecule has 26 heavy (non-hydrogen) atoms. The van der Waals surface area contributed by atoms with E-state index in [-0.39, 0.29) is 22.4 Å². The van der Waals surface area contributed by atoms with Crippen LogP contribution in [0.2, 0.25) is 10.0 Å². The Morgan fingerprint density at radius 1 is 1.23 bits per heavy atom. The van der Waals surface area contributed by atoms with Crippen LogP contribution in [0.1, 0.15) is 35.8 Å². The van der Waals surface area contributed by atoms with E-state index in [9.17, 15) is 17.6 Å². The Hall–Kier alpha value is -1.90. The van der Waals surface area contributed by atoms with E-state index in [0.29, 0.717) is 10.7 Å². The van der Waals surface area contributed by atoms with Gasteiger partial charge in [0.05, 0.1) is 33.8 Å². The van der Waals surface area contributed by atoms with Crippen molar-refractivity contribution in [1.82, 2.24) is 9.71 Å². The summed E-state index contributed by atoms with van der Waals surface area (Å²) in [6.45, 7) is 3.86. The van der Waals surface area contributed by atoms with Gasteiger partial charge in [0.2, 0.25) is 10.0 Å². The number of rotatable bonds is 5. The van der Waals surface area contributed by atoms with Crippen LogP contribution >= 0.6 is 23.2 Å². The summed E-state index contributed by atoms with van der Waals surface area (Å²) in [6, 6.07) is 3.37. The van der Waals surface area contributed by atoms with Gasteiger partial charge in [-0.1, -0.05) is 37.0 Å². The highest BCUT2D eigenvalue weighted by molar-refractivity contribution is 7.89. The average molecular weight is 421 g/mol. The molecule has 0 saturated carbocycles. The summed E-state index contributed by atoms with van der Waals surface area (Å²) in [7, 11) is -3.84. The first-order valence-corrected chi connectivity index (χ1v) is 9.97. The third kappa shape index (κ3) is 5.06. The Morgan fingerprint density at radius 2 is 1.88 bits per heavy atom. The highest BCUT2D eigenvalue weighted by atomic mass is 35.5. The molecule has 2 aromatic rings.